The lowest BCUT2D eigenvalue weighted by Gasteiger charge is -2.11. The number of para-hydroxylation sites is 1. The molecule has 0 aliphatic rings. The highest BCUT2D eigenvalue weighted by Gasteiger charge is 2.30. The molecule has 1 amide bonds. The summed E-state index contributed by atoms with van der Waals surface area (Å²) in [5, 5.41) is 2.58. The second kappa shape index (κ2) is 8.75. The van der Waals surface area contributed by atoms with Gasteiger partial charge in [-0.3, -0.25) is 4.79 Å². The molecular weight excluding hydrogens is 367 g/mol. The van der Waals surface area contributed by atoms with E-state index in [1.165, 1.54) is 18.2 Å². The van der Waals surface area contributed by atoms with E-state index in [1.807, 2.05) is 0 Å². The summed E-state index contributed by atoms with van der Waals surface area (Å²) in [5.41, 5.74) is -0.261. The Morgan fingerprint density at radius 3 is 2.54 bits per heavy atom. The summed E-state index contributed by atoms with van der Waals surface area (Å²) < 4.78 is 43.0. The first kappa shape index (κ1) is 19.8. The number of thioether (sulfide) groups is 1. The first-order valence-corrected chi connectivity index (χ1v) is 8.66. The molecule has 0 aliphatic carbocycles. The summed E-state index contributed by atoms with van der Waals surface area (Å²) in [5.74, 6) is -1.10. The zero-order valence-electron chi connectivity index (χ0n) is 13.8. The van der Waals surface area contributed by atoms with E-state index in [0.29, 0.717) is 10.6 Å². The minimum atomic E-state index is -4.43. The van der Waals surface area contributed by atoms with Gasteiger partial charge in [-0.2, -0.15) is 13.2 Å². The number of benzene rings is 2. The topological polar surface area (TPSA) is 55.4 Å². The number of nitrogens with one attached hydrogen (secondary N) is 1. The Labute approximate surface area is 152 Å². The fourth-order valence-electron chi connectivity index (χ4n) is 2.08. The second-order valence-electron chi connectivity index (χ2n) is 5.13. The summed E-state index contributed by atoms with van der Waals surface area (Å²) >= 11 is 0.974. The molecule has 0 aliphatic heterocycles. The number of rotatable bonds is 6. The fourth-order valence-corrected chi connectivity index (χ4v) is 2.83. The van der Waals surface area contributed by atoms with Crippen molar-refractivity contribution in [1.82, 2.24) is 0 Å². The van der Waals surface area contributed by atoms with E-state index in [1.54, 1.807) is 25.1 Å². The quantitative estimate of drug-likeness (QED) is 0.585. The molecule has 0 atom stereocenters. The maximum absolute atomic E-state index is 12.7. The monoisotopic (exact) mass is 383 g/mol. The largest absolute Gasteiger partial charge is 0.462 e. The summed E-state index contributed by atoms with van der Waals surface area (Å²) in [4.78, 5) is 24.3. The third-order valence-electron chi connectivity index (χ3n) is 3.23. The number of hydrogen-bond acceptors (Lipinski definition) is 4. The maximum atomic E-state index is 12.7. The standard InChI is InChI=1S/C18H16F3NO3S/c1-2-25-17(24)14-8-3-4-9-15(14)22-16(23)11-26-13-7-5-6-12(10-13)18(19,20)21/h3-10H,2,11H2,1H3,(H,22,23). The van der Waals surface area contributed by atoms with Gasteiger partial charge in [0, 0.05) is 4.90 Å². The van der Waals surface area contributed by atoms with E-state index in [-0.39, 0.29) is 17.9 Å². The number of carbonyl (C=O) groups is 2. The number of alkyl halides is 3. The van der Waals surface area contributed by atoms with Crippen LogP contribution in [0.2, 0.25) is 0 Å². The van der Waals surface area contributed by atoms with Crippen LogP contribution in [0.15, 0.2) is 53.4 Å². The number of halogens is 3. The van der Waals surface area contributed by atoms with Crippen LogP contribution >= 0.6 is 11.8 Å². The van der Waals surface area contributed by atoms with Crippen molar-refractivity contribution in [1.29, 1.82) is 0 Å². The van der Waals surface area contributed by atoms with Crippen LogP contribution in [0, 0.1) is 0 Å². The van der Waals surface area contributed by atoms with Gasteiger partial charge in [0.1, 0.15) is 0 Å². The minimum absolute atomic E-state index is 0.0987. The van der Waals surface area contributed by atoms with Crippen LogP contribution in [0.4, 0.5) is 18.9 Å². The van der Waals surface area contributed by atoms with Gasteiger partial charge in [0.05, 0.1) is 29.2 Å². The van der Waals surface area contributed by atoms with Crippen molar-refractivity contribution in [2.45, 2.75) is 18.0 Å². The summed E-state index contributed by atoms with van der Waals surface area (Å²) in [7, 11) is 0. The Morgan fingerprint density at radius 2 is 1.85 bits per heavy atom. The Hall–Kier alpha value is -2.48. The third-order valence-corrected chi connectivity index (χ3v) is 4.22. The molecule has 0 radical (unpaired) electrons. The molecule has 26 heavy (non-hydrogen) atoms. The number of ether oxygens (including phenoxy) is 1. The predicted molar refractivity (Wildman–Crippen MR) is 93.2 cm³/mol. The maximum Gasteiger partial charge on any atom is 0.416 e. The van der Waals surface area contributed by atoms with Gasteiger partial charge in [0.2, 0.25) is 5.91 Å². The van der Waals surface area contributed by atoms with Gasteiger partial charge in [-0.05, 0) is 37.3 Å². The normalized spacial score (nSPS) is 11.1. The van der Waals surface area contributed by atoms with E-state index < -0.39 is 23.6 Å². The number of amides is 1. The van der Waals surface area contributed by atoms with Gasteiger partial charge in [-0.1, -0.05) is 18.2 Å². The van der Waals surface area contributed by atoms with Crippen LogP contribution in [-0.4, -0.2) is 24.2 Å². The molecule has 0 unspecified atom stereocenters. The Morgan fingerprint density at radius 1 is 1.12 bits per heavy atom. The molecule has 0 spiro atoms. The molecule has 0 heterocycles. The third kappa shape index (κ3) is 5.52. The number of anilines is 1. The lowest BCUT2D eigenvalue weighted by molar-refractivity contribution is -0.137. The molecule has 4 nitrogen and oxygen atoms in total. The molecule has 0 saturated heterocycles. The first-order valence-electron chi connectivity index (χ1n) is 7.67. The molecule has 2 rings (SSSR count). The van der Waals surface area contributed by atoms with Crippen molar-refractivity contribution in [2.75, 3.05) is 17.7 Å². The molecule has 138 valence electrons. The Balaban J connectivity index is 2.01. The van der Waals surface area contributed by atoms with E-state index in [2.05, 4.69) is 5.32 Å². The predicted octanol–water partition coefficient (Wildman–Crippen LogP) is 4.61. The van der Waals surface area contributed by atoms with Crippen LogP contribution < -0.4 is 5.32 Å². The number of hydrogen-bond donors (Lipinski definition) is 1. The molecule has 0 aromatic heterocycles. The van der Waals surface area contributed by atoms with Crippen molar-refractivity contribution < 1.29 is 27.5 Å². The van der Waals surface area contributed by atoms with Gasteiger partial charge in [0.15, 0.2) is 0 Å². The van der Waals surface area contributed by atoms with Crippen LogP contribution in [0.5, 0.6) is 0 Å². The van der Waals surface area contributed by atoms with E-state index >= 15 is 0 Å². The SMILES string of the molecule is CCOC(=O)c1ccccc1NC(=O)CSc1cccc(C(F)(F)F)c1. The van der Waals surface area contributed by atoms with Crippen molar-refractivity contribution in [2.24, 2.45) is 0 Å². The van der Waals surface area contributed by atoms with Crippen molar-refractivity contribution in [3.63, 3.8) is 0 Å². The highest BCUT2D eigenvalue weighted by atomic mass is 32.2. The molecule has 0 saturated carbocycles. The molecule has 0 fully saturated rings. The zero-order valence-corrected chi connectivity index (χ0v) is 14.6. The zero-order chi connectivity index (χ0) is 19.2. The summed E-state index contributed by atoms with van der Waals surface area (Å²) in [6, 6.07) is 11.1. The van der Waals surface area contributed by atoms with E-state index in [9.17, 15) is 22.8 Å². The average Bonchev–Trinajstić information content (AvgIpc) is 2.60. The number of esters is 1. The van der Waals surface area contributed by atoms with E-state index in [4.69, 9.17) is 4.74 Å². The average molecular weight is 383 g/mol. The lowest BCUT2D eigenvalue weighted by Crippen LogP contribution is -2.17. The smallest absolute Gasteiger partial charge is 0.416 e. The van der Waals surface area contributed by atoms with Gasteiger partial charge >= 0.3 is 12.1 Å². The summed E-state index contributed by atoms with van der Waals surface area (Å²) in [6.07, 6.45) is -4.43. The minimum Gasteiger partial charge on any atom is -0.462 e. The highest BCUT2D eigenvalue weighted by Crippen LogP contribution is 2.31. The molecule has 8 heteroatoms. The highest BCUT2D eigenvalue weighted by molar-refractivity contribution is 8.00. The molecule has 2 aromatic rings. The number of carbonyl (C=O) groups excluding carboxylic acids is 2. The first-order chi connectivity index (χ1) is 12.3. The van der Waals surface area contributed by atoms with Crippen LogP contribution in [0.1, 0.15) is 22.8 Å². The van der Waals surface area contributed by atoms with Crippen molar-refractivity contribution in [3.05, 3.63) is 59.7 Å². The van der Waals surface area contributed by atoms with Crippen molar-refractivity contribution >= 4 is 29.3 Å². The van der Waals surface area contributed by atoms with E-state index in [0.717, 1.165) is 23.9 Å². The molecular formula is C18H16F3NO3S. The van der Waals surface area contributed by atoms with Gasteiger partial charge in [-0.15, -0.1) is 11.8 Å². The fraction of sp³-hybridized carbons (Fsp3) is 0.222. The summed E-state index contributed by atoms with van der Waals surface area (Å²) in [6.45, 7) is 1.87. The van der Waals surface area contributed by atoms with Crippen molar-refractivity contribution in [3.8, 4) is 0 Å². The van der Waals surface area contributed by atoms with Crippen LogP contribution in [0.3, 0.4) is 0 Å². The lowest BCUT2D eigenvalue weighted by atomic mass is 10.2. The van der Waals surface area contributed by atoms with Crippen LogP contribution in [0.25, 0.3) is 0 Å². The van der Waals surface area contributed by atoms with Gasteiger partial charge in [0.25, 0.3) is 0 Å². The van der Waals surface area contributed by atoms with Gasteiger partial charge < -0.3 is 10.1 Å². The van der Waals surface area contributed by atoms with Crippen LogP contribution in [-0.2, 0) is 15.7 Å². The second-order valence-corrected chi connectivity index (χ2v) is 6.18. The van der Waals surface area contributed by atoms with Gasteiger partial charge in [-0.25, -0.2) is 4.79 Å². The molecule has 1 N–H and O–H groups in total. The molecule has 2 aromatic carbocycles. The Bertz CT molecular complexity index is 793. The Kier molecular flexibility index (Phi) is 6.68. The molecule has 0 bridgehead atoms.